The van der Waals surface area contributed by atoms with Gasteiger partial charge in [-0.15, -0.1) is 0 Å². The minimum absolute atomic E-state index is 0.0959. The fraction of sp³-hybridized carbons (Fsp3) is 0.333. The lowest BCUT2D eigenvalue weighted by Gasteiger charge is -2.22. The van der Waals surface area contributed by atoms with Crippen LogP contribution in [0.5, 0.6) is 11.5 Å². The quantitative estimate of drug-likeness (QED) is 0.507. The Morgan fingerprint density at radius 3 is 2.35 bits per heavy atom. The van der Waals surface area contributed by atoms with Crippen molar-refractivity contribution in [2.45, 2.75) is 4.90 Å². The molecule has 1 amide bonds. The van der Waals surface area contributed by atoms with Gasteiger partial charge in [-0.3, -0.25) is 9.69 Å². The van der Waals surface area contributed by atoms with Crippen LogP contribution < -0.4 is 14.4 Å². The highest BCUT2D eigenvalue weighted by Gasteiger charge is 2.24. The van der Waals surface area contributed by atoms with Gasteiger partial charge in [-0.2, -0.15) is 0 Å². The number of anilines is 1. The lowest BCUT2D eigenvalue weighted by molar-refractivity contribution is 0.0985. The van der Waals surface area contributed by atoms with Crippen LogP contribution in [0.15, 0.2) is 41.3 Å². The number of hydrogen-bond acceptors (Lipinski definition) is 8. The molecule has 0 saturated carbocycles. The Labute approximate surface area is 185 Å². The van der Waals surface area contributed by atoms with Gasteiger partial charge in [0.2, 0.25) is 0 Å². The molecule has 0 radical (unpaired) electrons. The van der Waals surface area contributed by atoms with Crippen LogP contribution in [0, 0.1) is 0 Å². The predicted molar refractivity (Wildman–Crippen MR) is 123 cm³/mol. The topological polar surface area (TPSA) is 89.0 Å². The van der Waals surface area contributed by atoms with E-state index < -0.39 is 9.84 Å². The molecular formula is C21H25N3O5S2. The summed E-state index contributed by atoms with van der Waals surface area (Å²) in [6, 6.07) is 9.61. The van der Waals surface area contributed by atoms with Crippen molar-refractivity contribution in [2.75, 3.05) is 52.6 Å². The van der Waals surface area contributed by atoms with Crippen molar-refractivity contribution in [3.05, 3.63) is 42.0 Å². The van der Waals surface area contributed by atoms with Crippen LogP contribution in [0.4, 0.5) is 5.13 Å². The van der Waals surface area contributed by atoms with Crippen molar-refractivity contribution < 1.29 is 22.7 Å². The number of aromatic nitrogens is 1. The zero-order valence-electron chi connectivity index (χ0n) is 18.1. The maximum atomic E-state index is 13.4. The molecule has 0 spiro atoms. The number of rotatable bonds is 8. The lowest BCUT2D eigenvalue weighted by atomic mass is 10.2. The molecule has 0 saturated heterocycles. The van der Waals surface area contributed by atoms with E-state index >= 15 is 0 Å². The SMILES string of the molecule is COc1ccc(OC)c2sc(N(CCN(C)C)C(=O)c3cccc(S(C)(=O)=O)c3)nc12. The third-order valence-corrected chi connectivity index (χ3v) is 6.86. The molecule has 1 aromatic heterocycles. The van der Waals surface area contributed by atoms with Crippen molar-refractivity contribution in [3.63, 3.8) is 0 Å². The van der Waals surface area contributed by atoms with Crippen LogP contribution in [0.3, 0.4) is 0 Å². The highest BCUT2D eigenvalue weighted by molar-refractivity contribution is 7.90. The number of carbonyl (C=O) groups is 1. The number of fused-ring (bicyclic) bond motifs is 1. The van der Waals surface area contributed by atoms with E-state index in [1.54, 1.807) is 43.4 Å². The fourth-order valence-electron chi connectivity index (χ4n) is 2.99. The molecule has 2 aromatic carbocycles. The Kier molecular flexibility index (Phi) is 6.83. The number of methoxy groups -OCH3 is 2. The van der Waals surface area contributed by atoms with Crippen LogP contribution in [0.2, 0.25) is 0 Å². The Morgan fingerprint density at radius 1 is 1.06 bits per heavy atom. The number of hydrogen-bond donors (Lipinski definition) is 0. The maximum absolute atomic E-state index is 13.4. The van der Waals surface area contributed by atoms with Gasteiger partial charge < -0.3 is 14.4 Å². The van der Waals surface area contributed by atoms with Gasteiger partial charge in [-0.1, -0.05) is 17.4 Å². The monoisotopic (exact) mass is 463 g/mol. The molecule has 0 atom stereocenters. The van der Waals surface area contributed by atoms with Crippen LogP contribution >= 0.6 is 11.3 Å². The molecule has 1 heterocycles. The largest absolute Gasteiger partial charge is 0.495 e. The molecule has 166 valence electrons. The molecule has 0 aliphatic carbocycles. The molecular weight excluding hydrogens is 438 g/mol. The molecule has 0 fully saturated rings. The molecule has 3 aromatic rings. The summed E-state index contributed by atoms with van der Waals surface area (Å²) in [7, 11) is 3.53. The first-order chi connectivity index (χ1) is 14.7. The van der Waals surface area contributed by atoms with Gasteiger partial charge in [0.05, 0.1) is 19.1 Å². The standard InChI is InChI=1S/C21H25N3O5S2/c1-23(2)11-12-24(20(25)14-7-6-8-15(13-14)31(5,26)27)21-22-18-16(28-3)9-10-17(29-4)19(18)30-21/h6-10,13H,11-12H2,1-5H3. The van der Waals surface area contributed by atoms with E-state index in [4.69, 9.17) is 9.47 Å². The number of likely N-dealkylation sites (N-methyl/N-ethyl adjacent to an activating group) is 1. The van der Waals surface area contributed by atoms with E-state index in [-0.39, 0.29) is 16.4 Å². The van der Waals surface area contributed by atoms with E-state index in [0.29, 0.717) is 35.2 Å². The second kappa shape index (κ2) is 9.21. The third kappa shape index (κ3) is 4.97. The third-order valence-electron chi connectivity index (χ3n) is 4.65. The Bertz CT molecular complexity index is 1160. The zero-order chi connectivity index (χ0) is 22.8. The van der Waals surface area contributed by atoms with Gasteiger partial charge in [0.25, 0.3) is 5.91 Å². The number of nitrogens with zero attached hydrogens (tertiary/aromatic N) is 3. The van der Waals surface area contributed by atoms with Gasteiger partial charge >= 0.3 is 0 Å². The van der Waals surface area contributed by atoms with E-state index in [9.17, 15) is 13.2 Å². The van der Waals surface area contributed by atoms with Gasteiger partial charge in [-0.25, -0.2) is 13.4 Å². The fourth-order valence-corrected chi connectivity index (χ4v) is 4.75. The Hall–Kier alpha value is -2.69. The van der Waals surface area contributed by atoms with Gasteiger partial charge in [0, 0.05) is 24.9 Å². The number of thiazole rings is 1. The first-order valence-electron chi connectivity index (χ1n) is 9.44. The second-order valence-electron chi connectivity index (χ2n) is 7.20. The van der Waals surface area contributed by atoms with Crippen molar-refractivity contribution in [2.24, 2.45) is 0 Å². The summed E-state index contributed by atoms with van der Waals surface area (Å²) < 4.78 is 35.6. The van der Waals surface area contributed by atoms with Crippen LogP contribution in [-0.2, 0) is 9.84 Å². The molecule has 31 heavy (non-hydrogen) atoms. The molecule has 8 nitrogen and oxygen atoms in total. The summed E-state index contributed by atoms with van der Waals surface area (Å²) in [5.74, 6) is 0.889. The first kappa shape index (κ1) is 23.0. The first-order valence-corrected chi connectivity index (χ1v) is 12.1. The van der Waals surface area contributed by atoms with E-state index in [1.165, 1.54) is 23.5 Å². The summed E-state index contributed by atoms with van der Waals surface area (Å²) in [4.78, 5) is 21.7. The predicted octanol–water partition coefficient (Wildman–Crippen LogP) is 2.93. The van der Waals surface area contributed by atoms with Crippen LogP contribution in [0.25, 0.3) is 10.2 Å². The number of benzene rings is 2. The molecule has 0 N–H and O–H groups in total. The normalized spacial score (nSPS) is 11.7. The van der Waals surface area contributed by atoms with Crippen molar-refractivity contribution >= 4 is 42.4 Å². The Balaban J connectivity index is 2.11. The Morgan fingerprint density at radius 2 is 1.74 bits per heavy atom. The van der Waals surface area contributed by atoms with Crippen molar-refractivity contribution in [3.8, 4) is 11.5 Å². The summed E-state index contributed by atoms with van der Waals surface area (Å²) in [5, 5.41) is 0.481. The zero-order valence-corrected chi connectivity index (χ0v) is 19.7. The summed E-state index contributed by atoms with van der Waals surface area (Å²) in [6.45, 7) is 0.973. The molecule has 0 aliphatic heterocycles. The van der Waals surface area contributed by atoms with Crippen molar-refractivity contribution in [1.82, 2.24) is 9.88 Å². The lowest BCUT2D eigenvalue weighted by Crippen LogP contribution is -2.36. The van der Waals surface area contributed by atoms with Gasteiger partial charge in [0.15, 0.2) is 15.0 Å². The highest BCUT2D eigenvalue weighted by Crippen LogP contribution is 2.40. The average molecular weight is 464 g/mol. The highest BCUT2D eigenvalue weighted by atomic mass is 32.2. The number of amides is 1. The summed E-state index contributed by atoms with van der Waals surface area (Å²) >= 11 is 1.32. The maximum Gasteiger partial charge on any atom is 0.260 e. The number of ether oxygens (including phenoxy) is 2. The number of sulfone groups is 1. The number of carbonyl (C=O) groups excluding carboxylic acids is 1. The van der Waals surface area contributed by atoms with Crippen molar-refractivity contribution in [1.29, 1.82) is 0 Å². The second-order valence-corrected chi connectivity index (χ2v) is 10.2. The van der Waals surface area contributed by atoms with Gasteiger partial charge in [-0.05, 0) is 44.4 Å². The van der Waals surface area contributed by atoms with E-state index in [2.05, 4.69) is 4.98 Å². The average Bonchev–Trinajstić information content (AvgIpc) is 3.17. The molecule has 0 aliphatic rings. The van der Waals surface area contributed by atoms with Gasteiger partial charge in [0.1, 0.15) is 21.7 Å². The smallest absolute Gasteiger partial charge is 0.260 e. The molecule has 0 bridgehead atoms. The van der Waals surface area contributed by atoms with Crippen LogP contribution in [-0.4, -0.2) is 71.9 Å². The summed E-state index contributed by atoms with van der Waals surface area (Å²) in [6.07, 6.45) is 1.12. The molecule has 0 unspecified atom stereocenters. The van der Waals surface area contributed by atoms with Crippen LogP contribution in [0.1, 0.15) is 10.4 Å². The van der Waals surface area contributed by atoms with E-state index in [1.807, 2.05) is 19.0 Å². The molecule has 10 heteroatoms. The summed E-state index contributed by atoms with van der Waals surface area (Å²) in [5.41, 5.74) is 0.884. The minimum atomic E-state index is -3.44. The van der Waals surface area contributed by atoms with E-state index in [0.717, 1.165) is 11.0 Å². The minimum Gasteiger partial charge on any atom is -0.495 e. The molecule has 3 rings (SSSR count).